The van der Waals surface area contributed by atoms with E-state index in [1.807, 2.05) is 54.6 Å². The van der Waals surface area contributed by atoms with Gasteiger partial charge >= 0.3 is 0 Å². The fraction of sp³-hybridized carbons (Fsp3) is 0. The fourth-order valence-electron chi connectivity index (χ4n) is 1.65. The second-order valence-corrected chi connectivity index (χ2v) is 14.1. The van der Waals surface area contributed by atoms with Crippen LogP contribution in [0.2, 0.25) is 0 Å². The molecule has 0 radical (unpaired) electrons. The Morgan fingerprint density at radius 2 is 1.78 bits per heavy atom. The number of nitrogens with one attached hydrogen (secondary N) is 1. The van der Waals surface area contributed by atoms with Crippen molar-refractivity contribution in [1.82, 2.24) is 0 Å². The molecule has 0 spiro atoms. The average Bonchev–Trinajstić information content (AvgIpc) is 3.24. The first-order chi connectivity index (χ1) is 8.84. The number of nitrogens with zero attached hydrogens (tertiary/aromatic N) is 1. The van der Waals surface area contributed by atoms with Crippen LogP contribution in [0.5, 0.6) is 0 Å². The number of quaternary nitrogens is 1. The Bertz CT molecular complexity index is 609. The molecule has 1 aromatic carbocycles. The third-order valence-corrected chi connectivity index (χ3v) is 8.96. The third-order valence-electron chi connectivity index (χ3n) is 2.52. The number of hydrogen-bond acceptors (Lipinski definition) is 2. The van der Waals surface area contributed by atoms with Crippen LogP contribution in [0, 0.1) is 0 Å². The van der Waals surface area contributed by atoms with E-state index in [9.17, 15) is 5.11 Å². The Labute approximate surface area is 122 Å². The Hall–Kier alpha value is -0.670. The molecule has 18 heavy (non-hydrogen) atoms. The highest BCUT2D eigenvalue weighted by atomic mass is 128. The van der Waals surface area contributed by atoms with Crippen LogP contribution < -0.4 is 6.54 Å². The van der Waals surface area contributed by atoms with Gasteiger partial charge in [0.05, 0.1) is 0 Å². The zero-order valence-electron chi connectivity index (χ0n) is 9.31. The van der Waals surface area contributed by atoms with Gasteiger partial charge < -0.3 is 5.11 Å². The van der Waals surface area contributed by atoms with E-state index < -0.39 is 0 Å². The van der Waals surface area contributed by atoms with Gasteiger partial charge in [0.2, 0.25) is 0 Å². The standard InChI is InChI=1S/C13H10I2N2O/c18-13(10-6-2-1-3-7-10)11-8-4-5-9-12(11)16-17-14-15-17/h1-9,18H. The zero-order valence-corrected chi connectivity index (χ0v) is 13.6. The second kappa shape index (κ2) is 5.54. The summed E-state index contributed by atoms with van der Waals surface area (Å²) in [5.74, 6) is 0.0626. The summed E-state index contributed by atoms with van der Waals surface area (Å²) in [6, 6.07) is 9.40. The summed E-state index contributed by atoms with van der Waals surface area (Å²) in [6.45, 7) is 0. The molecule has 3 nitrogen and oxygen atoms in total. The van der Waals surface area contributed by atoms with Crippen molar-refractivity contribution >= 4 is 45.2 Å². The molecule has 0 amide bonds. The molecule has 0 saturated heterocycles. The van der Waals surface area contributed by atoms with E-state index in [1.54, 1.807) is 0 Å². The second-order valence-electron chi connectivity index (χ2n) is 3.71. The first-order valence-electron chi connectivity index (χ1n) is 5.41. The Kier molecular flexibility index (Phi) is 3.80. The van der Waals surface area contributed by atoms with Crippen molar-refractivity contribution in [1.29, 1.82) is 0 Å². The number of halogens is 2. The third kappa shape index (κ3) is 2.83. The van der Waals surface area contributed by atoms with E-state index in [2.05, 4.69) is 5.10 Å². The average molecular weight is 464 g/mol. The van der Waals surface area contributed by atoms with Crippen molar-refractivity contribution < 1.29 is 6.54 Å². The highest BCUT2D eigenvalue weighted by Crippen LogP contribution is 2.21. The lowest BCUT2D eigenvalue weighted by Crippen LogP contribution is -2.78. The highest BCUT2D eigenvalue weighted by Gasteiger charge is 2.20. The Balaban J connectivity index is 2.02. The monoisotopic (exact) mass is 464 g/mol. The topological polar surface area (TPSA) is 39.9 Å². The van der Waals surface area contributed by atoms with Crippen LogP contribution in [0.4, 0.5) is 0 Å². The summed E-state index contributed by atoms with van der Waals surface area (Å²) in [6.07, 6.45) is 7.65. The van der Waals surface area contributed by atoms with Crippen molar-refractivity contribution in [2.75, 3.05) is 0 Å². The highest BCUT2D eigenvalue weighted by molar-refractivity contribution is 14.9. The number of benzene rings is 1. The van der Waals surface area contributed by atoms with Gasteiger partial charge in [0.1, 0.15) is 5.71 Å². The van der Waals surface area contributed by atoms with Gasteiger partial charge in [0.15, 0.2) is 0 Å². The normalized spacial score (nSPS) is 23.4. The number of rotatable bonds is 2. The molecule has 0 bridgehead atoms. The van der Waals surface area contributed by atoms with Crippen LogP contribution in [-0.2, 0) is 0 Å². The maximum absolute atomic E-state index is 12.4. The summed E-state index contributed by atoms with van der Waals surface area (Å²) in [4.78, 5) is 0. The zero-order chi connectivity index (χ0) is 12.4. The van der Waals surface area contributed by atoms with Crippen molar-refractivity contribution in [2.45, 2.75) is 0 Å². The van der Waals surface area contributed by atoms with E-state index in [1.165, 1.54) is 1.44 Å². The van der Waals surface area contributed by atoms with Gasteiger partial charge in [-0.2, -0.15) is 0 Å². The van der Waals surface area contributed by atoms with Crippen LogP contribution in [0.1, 0.15) is 5.56 Å². The predicted octanol–water partition coefficient (Wildman–Crippen LogP) is 1.82. The number of hydrogen-bond donors (Lipinski definition) is 1. The Morgan fingerprint density at radius 3 is 2.50 bits per heavy atom. The molecular formula is C13H10I2N2O. The van der Waals surface area contributed by atoms with Gasteiger partial charge in [-0.3, -0.25) is 0 Å². The van der Waals surface area contributed by atoms with E-state index in [-0.39, 0.29) is 5.76 Å². The quantitative estimate of drug-likeness (QED) is 0.405. The molecule has 1 N–H and O–H groups in total. The molecule has 1 aromatic rings. The van der Waals surface area contributed by atoms with E-state index >= 15 is 0 Å². The molecule has 5 heteroatoms. The smallest absolute Gasteiger partial charge is 0.287 e. The molecule has 0 unspecified atom stereocenters. The molecular weight excluding hydrogens is 454 g/mol. The minimum Gasteiger partial charge on any atom is -0.872 e. The summed E-state index contributed by atoms with van der Waals surface area (Å²) in [7, 11) is 0. The molecule has 1 heterocycles. The van der Waals surface area contributed by atoms with Gasteiger partial charge in [-0.25, -0.2) is 0 Å². The molecule has 92 valence electrons. The van der Waals surface area contributed by atoms with Crippen LogP contribution in [0.3, 0.4) is 0 Å². The van der Waals surface area contributed by atoms with Crippen molar-refractivity contribution in [3.8, 4) is 0 Å². The molecule has 0 saturated carbocycles. The SMILES string of the molecule is [O-]C(=C1C=CC=CC1=N[NH+]1I=I1)c1ccccc1. The van der Waals surface area contributed by atoms with Crippen LogP contribution in [-0.4, -0.2) is 5.71 Å². The van der Waals surface area contributed by atoms with E-state index in [0.717, 1.165) is 16.8 Å². The lowest BCUT2D eigenvalue weighted by atomic mass is 10.0. The molecule has 3 rings (SSSR count). The van der Waals surface area contributed by atoms with Gasteiger partial charge in [0, 0.05) is 0 Å². The molecule has 0 atom stereocenters. The summed E-state index contributed by atoms with van der Waals surface area (Å²) < 4.78 is 1.40. The number of allylic oxidation sites excluding steroid dienone is 5. The first-order valence-corrected chi connectivity index (χ1v) is 13.9. The van der Waals surface area contributed by atoms with Gasteiger partial charge in [0.25, 0.3) is 33.7 Å². The van der Waals surface area contributed by atoms with Crippen LogP contribution >= 0.6 is 33.7 Å². The molecule has 1 aliphatic heterocycles. The summed E-state index contributed by atoms with van der Waals surface area (Å²) in [5, 5.41) is 17.0. The first kappa shape index (κ1) is 12.4. The van der Waals surface area contributed by atoms with Crippen LogP contribution in [0.15, 0.2) is 65.3 Å². The fourth-order valence-corrected chi connectivity index (χ4v) is 4.28. The lowest BCUT2D eigenvalue weighted by Gasteiger charge is -2.18. The summed E-state index contributed by atoms with van der Waals surface area (Å²) in [5.41, 5.74) is 2.29. The van der Waals surface area contributed by atoms with E-state index in [0.29, 0.717) is 33.7 Å². The molecule has 1 aliphatic carbocycles. The van der Waals surface area contributed by atoms with Gasteiger partial charge in [-0.15, -0.1) is 0 Å². The largest absolute Gasteiger partial charge is 0.872 e. The van der Waals surface area contributed by atoms with Crippen LogP contribution in [0.25, 0.3) is 5.76 Å². The van der Waals surface area contributed by atoms with Crippen molar-refractivity contribution in [2.24, 2.45) is 5.10 Å². The van der Waals surface area contributed by atoms with E-state index in [4.69, 9.17) is 0 Å². The minimum atomic E-state index is 0.0626. The lowest BCUT2D eigenvalue weighted by molar-refractivity contribution is -0.487. The molecule has 2 aliphatic rings. The maximum Gasteiger partial charge on any atom is 0.287 e. The molecule has 0 fully saturated rings. The van der Waals surface area contributed by atoms with Crippen molar-refractivity contribution in [3.05, 3.63) is 65.8 Å². The Morgan fingerprint density at radius 1 is 1.06 bits per heavy atom. The summed E-state index contributed by atoms with van der Waals surface area (Å²) >= 11 is 0.618. The van der Waals surface area contributed by atoms with Crippen molar-refractivity contribution in [3.63, 3.8) is 0 Å². The predicted molar refractivity (Wildman–Crippen MR) is 88.1 cm³/mol. The van der Waals surface area contributed by atoms with Gasteiger partial charge in [-0.05, 0) is 17.2 Å². The maximum atomic E-state index is 12.4. The minimum absolute atomic E-state index is 0.0626. The molecule has 0 aromatic heterocycles. The van der Waals surface area contributed by atoms with Gasteiger partial charge in [-0.1, -0.05) is 60.9 Å².